The molecule has 0 heterocycles. The van der Waals surface area contributed by atoms with E-state index in [0.717, 1.165) is 17.9 Å². The molecule has 112 valence electrons. The van der Waals surface area contributed by atoms with E-state index in [4.69, 9.17) is 16.3 Å². The Morgan fingerprint density at radius 2 is 2.20 bits per heavy atom. The van der Waals surface area contributed by atoms with Crippen LogP contribution in [0.5, 0.6) is 0 Å². The number of nitrogens with one attached hydrogen (secondary N) is 2. The summed E-state index contributed by atoms with van der Waals surface area (Å²) in [6.07, 6.45) is 0.979. The molecule has 1 aromatic rings. The summed E-state index contributed by atoms with van der Waals surface area (Å²) in [5, 5.41) is 7.30. The van der Waals surface area contributed by atoms with Gasteiger partial charge >= 0.3 is 0 Å². The zero-order valence-electron chi connectivity index (χ0n) is 12.6. The minimum Gasteiger partial charge on any atom is -0.375 e. The average Bonchev–Trinajstić information content (AvgIpc) is 2.46. The first-order valence-corrected chi connectivity index (χ1v) is 7.23. The van der Waals surface area contributed by atoms with Gasteiger partial charge in [0, 0.05) is 31.8 Å². The molecular weight excluding hydrogens is 274 g/mol. The number of nitrogens with zero attached hydrogens (tertiary/aromatic N) is 1. The van der Waals surface area contributed by atoms with Crippen molar-refractivity contribution < 1.29 is 4.74 Å². The summed E-state index contributed by atoms with van der Waals surface area (Å²) >= 11 is 6.01. The smallest absolute Gasteiger partial charge is 0.191 e. The molecule has 0 amide bonds. The lowest BCUT2D eigenvalue weighted by Gasteiger charge is -2.20. The van der Waals surface area contributed by atoms with Crippen LogP contribution in [0.3, 0.4) is 0 Å². The summed E-state index contributed by atoms with van der Waals surface area (Å²) in [6, 6.07) is 8.09. The molecule has 2 N–H and O–H groups in total. The van der Waals surface area contributed by atoms with E-state index in [2.05, 4.69) is 29.5 Å². The third-order valence-corrected chi connectivity index (χ3v) is 3.41. The van der Waals surface area contributed by atoms with Gasteiger partial charge in [0.05, 0.1) is 6.10 Å². The molecule has 5 heteroatoms. The summed E-state index contributed by atoms with van der Waals surface area (Å²) in [7, 11) is 3.46. The van der Waals surface area contributed by atoms with E-state index in [0.29, 0.717) is 17.6 Å². The molecule has 1 rings (SSSR count). The number of hydrogen-bond acceptors (Lipinski definition) is 2. The standard InChI is InChI=1S/C15H24ClN3O/c1-5-11(2)19-15(17-3)18-10-14(20-4)12-7-6-8-13(16)9-12/h6-9,11,14H,5,10H2,1-4H3,(H2,17,18,19). The highest BCUT2D eigenvalue weighted by atomic mass is 35.5. The van der Waals surface area contributed by atoms with Crippen molar-refractivity contribution in [2.24, 2.45) is 4.99 Å². The maximum atomic E-state index is 6.01. The maximum Gasteiger partial charge on any atom is 0.191 e. The van der Waals surface area contributed by atoms with Crippen molar-refractivity contribution in [2.75, 3.05) is 20.7 Å². The number of rotatable bonds is 6. The van der Waals surface area contributed by atoms with Gasteiger partial charge in [0.15, 0.2) is 5.96 Å². The lowest BCUT2D eigenvalue weighted by Crippen LogP contribution is -2.43. The quantitative estimate of drug-likeness (QED) is 0.627. The Balaban J connectivity index is 2.61. The molecule has 0 spiro atoms. The Bertz CT molecular complexity index is 437. The number of methoxy groups -OCH3 is 1. The third kappa shape index (κ3) is 5.39. The van der Waals surface area contributed by atoms with Gasteiger partial charge in [-0.15, -0.1) is 0 Å². The SMILES string of the molecule is CCC(C)NC(=NC)NCC(OC)c1cccc(Cl)c1. The lowest BCUT2D eigenvalue weighted by molar-refractivity contribution is 0.106. The summed E-state index contributed by atoms with van der Waals surface area (Å²) in [5.41, 5.74) is 1.05. The Kier molecular flexibility index (Phi) is 7.41. The molecule has 0 saturated carbocycles. The van der Waals surface area contributed by atoms with E-state index in [9.17, 15) is 0 Å². The second-order valence-electron chi connectivity index (χ2n) is 4.69. The normalized spacial score (nSPS) is 14.8. The van der Waals surface area contributed by atoms with Crippen molar-refractivity contribution in [3.05, 3.63) is 34.9 Å². The Labute approximate surface area is 126 Å². The predicted molar refractivity (Wildman–Crippen MR) is 85.5 cm³/mol. The summed E-state index contributed by atoms with van der Waals surface area (Å²) in [6.45, 7) is 4.89. The van der Waals surface area contributed by atoms with Crippen molar-refractivity contribution in [3.63, 3.8) is 0 Å². The maximum absolute atomic E-state index is 6.01. The first-order valence-electron chi connectivity index (χ1n) is 6.86. The second kappa shape index (κ2) is 8.82. The number of benzene rings is 1. The van der Waals surface area contributed by atoms with Gasteiger partial charge in [-0.3, -0.25) is 4.99 Å². The predicted octanol–water partition coefficient (Wildman–Crippen LogP) is 2.99. The zero-order chi connectivity index (χ0) is 15.0. The van der Waals surface area contributed by atoms with E-state index in [1.165, 1.54) is 0 Å². The third-order valence-electron chi connectivity index (χ3n) is 3.18. The average molecular weight is 298 g/mol. The van der Waals surface area contributed by atoms with Crippen molar-refractivity contribution in [3.8, 4) is 0 Å². The van der Waals surface area contributed by atoms with Crippen molar-refractivity contribution in [1.82, 2.24) is 10.6 Å². The van der Waals surface area contributed by atoms with Crippen LogP contribution in [0.1, 0.15) is 31.9 Å². The van der Waals surface area contributed by atoms with Gasteiger partial charge in [-0.1, -0.05) is 30.7 Å². The fourth-order valence-electron chi connectivity index (χ4n) is 1.76. The summed E-state index contributed by atoms with van der Waals surface area (Å²) in [4.78, 5) is 4.21. The molecule has 0 bridgehead atoms. The number of halogens is 1. The molecule has 0 aromatic heterocycles. The molecule has 20 heavy (non-hydrogen) atoms. The van der Waals surface area contributed by atoms with Crippen LogP contribution in [0, 0.1) is 0 Å². The van der Waals surface area contributed by atoms with E-state index in [1.807, 2.05) is 24.3 Å². The van der Waals surface area contributed by atoms with Gasteiger partial charge in [-0.05, 0) is 31.0 Å². The largest absolute Gasteiger partial charge is 0.375 e. The molecule has 0 aliphatic heterocycles. The Morgan fingerprint density at radius 3 is 2.75 bits per heavy atom. The van der Waals surface area contributed by atoms with E-state index in [-0.39, 0.29) is 6.10 Å². The highest BCUT2D eigenvalue weighted by Gasteiger charge is 2.12. The molecule has 2 unspecified atom stereocenters. The first kappa shape index (κ1) is 16.8. The minimum absolute atomic E-state index is 0.0656. The van der Waals surface area contributed by atoms with Crippen LogP contribution in [0.15, 0.2) is 29.3 Å². The number of ether oxygens (including phenoxy) is 1. The number of guanidine groups is 1. The molecule has 4 nitrogen and oxygen atoms in total. The number of aliphatic imine (C=N–C) groups is 1. The van der Waals surface area contributed by atoms with Crippen LogP contribution in [-0.2, 0) is 4.74 Å². The molecular formula is C15H24ClN3O. The summed E-state index contributed by atoms with van der Waals surface area (Å²) in [5.74, 6) is 0.781. The molecule has 0 saturated heterocycles. The van der Waals surface area contributed by atoms with E-state index >= 15 is 0 Å². The molecule has 2 atom stereocenters. The van der Waals surface area contributed by atoms with Crippen LogP contribution in [0.25, 0.3) is 0 Å². The van der Waals surface area contributed by atoms with Crippen LogP contribution in [0.4, 0.5) is 0 Å². The van der Waals surface area contributed by atoms with Crippen molar-refractivity contribution in [2.45, 2.75) is 32.4 Å². The Hall–Kier alpha value is -1.26. The second-order valence-corrected chi connectivity index (χ2v) is 5.12. The Morgan fingerprint density at radius 1 is 1.45 bits per heavy atom. The zero-order valence-corrected chi connectivity index (χ0v) is 13.4. The first-order chi connectivity index (χ1) is 9.60. The van der Waals surface area contributed by atoms with Crippen molar-refractivity contribution in [1.29, 1.82) is 0 Å². The van der Waals surface area contributed by atoms with Crippen LogP contribution >= 0.6 is 11.6 Å². The van der Waals surface area contributed by atoms with E-state index in [1.54, 1.807) is 14.2 Å². The summed E-state index contributed by atoms with van der Waals surface area (Å²) < 4.78 is 5.51. The highest BCUT2D eigenvalue weighted by molar-refractivity contribution is 6.30. The van der Waals surface area contributed by atoms with Gasteiger partial charge in [0.2, 0.25) is 0 Å². The molecule has 1 aromatic carbocycles. The minimum atomic E-state index is -0.0656. The van der Waals surface area contributed by atoms with Gasteiger partial charge in [-0.2, -0.15) is 0 Å². The van der Waals surface area contributed by atoms with Crippen LogP contribution < -0.4 is 10.6 Å². The van der Waals surface area contributed by atoms with Crippen molar-refractivity contribution >= 4 is 17.6 Å². The monoisotopic (exact) mass is 297 g/mol. The number of hydrogen-bond donors (Lipinski definition) is 2. The lowest BCUT2D eigenvalue weighted by atomic mass is 10.1. The highest BCUT2D eigenvalue weighted by Crippen LogP contribution is 2.19. The van der Waals surface area contributed by atoms with Crippen LogP contribution in [-0.4, -0.2) is 32.7 Å². The molecule has 0 fully saturated rings. The molecule has 0 aliphatic rings. The molecule has 0 radical (unpaired) electrons. The van der Waals surface area contributed by atoms with Gasteiger partial charge in [0.25, 0.3) is 0 Å². The van der Waals surface area contributed by atoms with Gasteiger partial charge < -0.3 is 15.4 Å². The van der Waals surface area contributed by atoms with Crippen LogP contribution in [0.2, 0.25) is 5.02 Å². The van der Waals surface area contributed by atoms with Gasteiger partial charge in [-0.25, -0.2) is 0 Å². The fraction of sp³-hybridized carbons (Fsp3) is 0.533. The van der Waals surface area contributed by atoms with Gasteiger partial charge in [0.1, 0.15) is 0 Å². The fourth-order valence-corrected chi connectivity index (χ4v) is 1.96. The molecule has 0 aliphatic carbocycles. The van der Waals surface area contributed by atoms with E-state index < -0.39 is 0 Å². The topological polar surface area (TPSA) is 45.7 Å².